The summed E-state index contributed by atoms with van der Waals surface area (Å²) in [6.45, 7) is -0.129. The summed E-state index contributed by atoms with van der Waals surface area (Å²) >= 11 is 0. The Balaban J connectivity index is 1.45. The number of rotatable bonds is 9. The van der Waals surface area contributed by atoms with Crippen LogP contribution in [-0.2, 0) is 4.79 Å². The molecule has 0 aromatic heterocycles. The Hall–Kier alpha value is -4.33. The number of hydrogen-bond acceptors (Lipinski definition) is 6. The largest absolute Gasteiger partial charge is 0.497 e. The lowest BCUT2D eigenvalue weighted by Gasteiger charge is -2.08. The summed E-state index contributed by atoms with van der Waals surface area (Å²) in [5, 5.41) is 6.70. The Morgan fingerprint density at radius 3 is 2.25 bits per heavy atom. The second-order valence-corrected chi connectivity index (χ2v) is 6.57. The zero-order valence-electron chi connectivity index (χ0n) is 17.7. The fourth-order valence-corrected chi connectivity index (χ4v) is 2.66. The van der Waals surface area contributed by atoms with Crippen molar-refractivity contribution in [2.45, 2.75) is 0 Å². The van der Waals surface area contributed by atoms with Crippen LogP contribution in [0.3, 0.4) is 0 Å². The van der Waals surface area contributed by atoms with Crippen LogP contribution >= 0.6 is 0 Å². The van der Waals surface area contributed by atoms with Gasteiger partial charge in [0.1, 0.15) is 17.2 Å². The molecule has 0 radical (unpaired) electrons. The van der Waals surface area contributed by atoms with Crippen molar-refractivity contribution in [3.63, 3.8) is 0 Å². The summed E-state index contributed by atoms with van der Waals surface area (Å²) in [6, 6.07) is 20.8. The van der Waals surface area contributed by atoms with Gasteiger partial charge in [-0.25, -0.2) is 5.43 Å². The van der Waals surface area contributed by atoms with Crippen molar-refractivity contribution in [3.8, 4) is 17.2 Å². The lowest BCUT2D eigenvalue weighted by Crippen LogP contribution is -2.20. The number of hydrazone groups is 1. The van der Waals surface area contributed by atoms with E-state index in [4.69, 9.17) is 14.2 Å². The minimum Gasteiger partial charge on any atom is -0.497 e. The number of carbonyl (C=O) groups is 2. The lowest BCUT2D eigenvalue weighted by molar-refractivity contribution is -0.118. The van der Waals surface area contributed by atoms with E-state index in [0.29, 0.717) is 28.5 Å². The zero-order chi connectivity index (χ0) is 22.8. The number of amides is 2. The standard InChI is InChI=1S/C24H23N3O5/c1-30-20-12-8-19(9-13-20)26-23(28)16-32-21-10-6-17(7-11-21)15-25-27-24(29)18-4-3-5-22(14-18)31-2/h3-15H,16H2,1-2H3,(H,26,28)(H,27,29)/b25-15-. The van der Waals surface area contributed by atoms with Crippen molar-refractivity contribution in [2.75, 3.05) is 26.1 Å². The summed E-state index contributed by atoms with van der Waals surface area (Å²) in [4.78, 5) is 24.2. The van der Waals surface area contributed by atoms with Crippen molar-refractivity contribution in [2.24, 2.45) is 5.10 Å². The highest BCUT2D eigenvalue weighted by atomic mass is 16.5. The van der Waals surface area contributed by atoms with Gasteiger partial charge in [0, 0.05) is 11.3 Å². The Kier molecular flexibility index (Phi) is 7.80. The third kappa shape index (κ3) is 6.60. The predicted molar refractivity (Wildman–Crippen MR) is 122 cm³/mol. The third-order valence-corrected chi connectivity index (χ3v) is 4.34. The van der Waals surface area contributed by atoms with Gasteiger partial charge >= 0.3 is 0 Å². The first-order valence-electron chi connectivity index (χ1n) is 9.71. The highest BCUT2D eigenvalue weighted by molar-refractivity contribution is 5.95. The minimum atomic E-state index is -0.344. The quantitative estimate of drug-likeness (QED) is 0.398. The highest BCUT2D eigenvalue weighted by Crippen LogP contribution is 2.16. The van der Waals surface area contributed by atoms with E-state index >= 15 is 0 Å². The molecule has 0 fully saturated rings. The Morgan fingerprint density at radius 2 is 1.56 bits per heavy atom. The maximum atomic E-state index is 12.1. The van der Waals surface area contributed by atoms with Crippen LogP contribution in [0.4, 0.5) is 5.69 Å². The van der Waals surface area contributed by atoms with Crippen molar-refractivity contribution in [1.29, 1.82) is 0 Å². The predicted octanol–water partition coefficient (Wildman–Crippen LogP) is 3.49. The molecule has 3 aromatic rings. The van der Waals surface area contributed by atoms with Gasteiger partial charge in [0.2, 0.25) is 0 Å². The van der Waals surface area contributed by atoms with Gasteiger partial charge in [-0.3, -0.25) is 9.59 Å². The van der Waals surface area contributed by atoms with Gasteiger partial charge in [-0.2, -0.15) is 5.10 Å². The second kappa shape index (κ2) is 11.2. The van der Waals surface area contributed by atoms with Crippen LogP contribution in [-0.4, -0.2) is 38.9 Å². The summed E-state index contributed by atoms with van der Waals surface area (Å²) in [6.07, 6.45) is 1.51. The van der Waals surface area contributed by atoms with Crippen LogP contribution in [0.15, 0.2) is 77.9 Å². The molecule has 0 saturated heterocycles. The van der Waals surface area contributed by atoms with E-state index in [-0.39, 0.29) is 18.4 Å². The fourth-order valence-electron chi connectivity index (χ4n) is 2.66. The maximum absolute atomic E-state index is 12.1. The molecule has 0 atom stereocenters. The molecule has 3 aromatic carbocycles. The maximum Gasteiger partial charge on any atom is 0.271 e. The Morgan fingerprint density at radius 1 is 0.875 bits per heavy atom. The average Bonchev–Trinajstić information content (AvgIpc) is 2.84. The van der Waals surface area contributed by atoms with E-state index in [2.05, 4.69) is 15.8 Å². The smallest absolute Gasteiger partial charge is 0.271 e. The first-order chi connectivity index (χ1) is 15.6. The number of methoxy groups -OCH3 is 2. The lowest BCUT2D eigenvalue weighted by atomic mass is 10.2. The van der Waals surface area contributed by atoms with Crippen molar-refractivity contribution in [3.05, 3.63) is 83.9 Å². The van der Waals surface area contributed by atoms with Crippen LogP contribution in [0.2, 0.25) is 0 Å². The van der Waals surface area contributed by atoms with Gasteiger partial charge in [-0.15, -0.1) is 0 Å². The monoisotopic (exact) mass is 433 g/mol. The molecule has 2 amide bonds. The average molecular weight is 433 g/mol. The summed E-state index contributed by atoms with van der Waals surface area (Å²) in [7, 11) is 3.12. The highest BCUT2D eigenvalue weighted by Gasteiger charge is 2.06. The summed E-state index contributed by atoms with van der Waals surface area (Å²) < 4.78 is 15.7. The van der Waals surface area contributed by atoms with Crippen molar-refractivity contribution in [1.82, 2.24) is 5.43 Å². The fraction of sp³-hybridized carbons (Fsp3) is 0.125. The Labute approximate surface area is 185 Å². The molecule has 0 aliphatic carbocycles. The number of anilines is 1. The first-order valence-corrected chi connectivity index (χ1v) is 9.71. The number of benzene rings is 3. The molecule has 3 rings (SSSR count). The Bertz CT molecular complexity index is 1080. The molecule has 0 aliphatic heterocycles. The van der Waals surface area contributed by atoms with Crippen LogP contribution in [0, 0.1) is 0 Å². The molecular weight excluding hydrogens is 410 g/mol. The van der Waals surface area contributed by atoms with E-state index in [1.54, 1.807) is 79.9 Å². The molecule has 0 spiro atoms. The van der Waals surface area contributed by atoms with Gasteiger partial charge in [0.15, 0.2) is 6.61 Å². The van der Waals surface area contributed by atoms with Crippen LogP contribution in [0.5, 0.6) is 17.2 Å². The van der Waals surface area contributed by atoms with Gasteiger partial charge in [-0.1, -0.05) is 6.07 Å². The first kappa shape index (κ1) is 22.4. The molecule has 32 heavy (non-hydrogen) atoms. The van der Waals surface area contributed by atoms with Crippen LogP contribution < -0.4 is 25.0 Å². The minimum absolute atomic E-state index is 0.129. The molecular formula is C24H23N3O5. The van der Waals surface area contributed by atoms with E-state index in [0.717, 1.165) is 5.56 Å². The molecule has 0 bridgehead atoms. The number of carbonyl (C=O) groups excluding carboxylic acids is 2. The zero-order valence-corrected chi connectivity index (χ0v) is 17.7. The topological polar surface area (TPSA) is 98.3 Å². The van der Waals surface area contributed by atoms with Crippen LogP contribution in [0.25, 0.3) is 0 Å². The summed E-state index contributed by atoms with van der Waals surface area (Å²) in [5.41, 5.74) is 4.32. The molecule has 2 N–H and O–H groups in total. The number of ether oxygens (including phenoxy) is 3. The third-order valence-electron chi connectivity index (χ3n) is 4.34. The molecule has 0 unspecified atom stereocenters. The van der Waals surface area contributed by atoms with Gasteiger partial charge < -0.3 is 19.5 Å². The van der Waals surface area contributed by atoms with E-state index in [1.807, 2.05) is 0 Å². The molecule has 8 nitrogen and oxygen atoms in total. The van der Waals surface area contributed by atoms with Gasteiger partial charge in [0.25, 0.3) is 11.8 Å². The second-order valence-electron chi connectivity index (χ2n) is 6.57. The SMILES string of the molecule is COc1ccc(NC(=O)COc2ccc(/C=N\NC(=O)c3cccc(OC)c3)cc2)cc1. The molecule has 164 valence electrons. The van der Waals surface area contributed by atoms with Crippen LogP contribution in [0.1, 0.15) is 15.9 Å². The van der Waals surface area contributed by atoms with Crippen molar-refractivity contribution < 1.29 is 23.8 Å². The summed E-state index contributed by atoms with van der Waals surface area (Å²) in [5.74, 6) is 1.22. The normalized spacial score (nSPS) is 10.4. The van der Waals surface area contributed by atoms with E-state index in [1.165, 1.54) is 13.3 Å². The van der Waals surface area contributed by atoms with E-state index in [9.17, 15) is 9.59 Å². The van der Waals surface area contributed by atoms with Crippen molar-refractivity contribution >= 4 is 23.7 Å². The molecule has 0 aliphatic rings. The molecule has 0 heterocycles. The molecule has 0 saturated carbocycles. The number of nitrogens with zero attached hydrogens (tertiary/aromatic N) is 1. The van der Waals surface area contributed by atoms with Gasteiger partial charge in [-0.05, 0) is 72.3 Å². The number of nitrogens with one attached hydrogen (secondary N) is 2. The number of hydrogen-bond donors (Lipinski definition) is 2. The molecule has 8 heteroatoms. The van der Waals surface area contributed by atoms with E-state index < -0.39 is 0 Å². The van der Waals surface area contributed by atoms with Gasteiger partial charge in [0.05, 0.1) is 20.4 Å².